The largest absolute Gasteiger partial charge is 0.462 e. The number of nitrogens with zero attached hydrogens (tertiary/aromatic N) is 1. The molecule has 2 heterocycles. The van der Waals surface area contributed by atoms with E-state index in [1.165, 1.54) is 0 Å². The van der Waals surface area contributed by atoms with Crippen molar-refractivity contribution >= 4 is 29.8 Å². The highest BCUT2D eigenvalue weighted by Gasteiger charge is 2.37. The van der Waals surface area contributed by atoms with Gasteiger partial charge in [-0.15, -0.1) is 0 Å². The molecule has 0 spiro atoms. The minimum Gasteiger partial charge on any atom is -0.462 e. The van der Waals surface area contributed by atoms with Gasteiger partial charge in [0.1, 0.15) is 30.4 Å². The third kappa shape index (κ3) is 13.2. The van der Waals surface area contributed by atoms with E-state index in [1.807, 2.05) is 11.0 Å². The van der Waals surface area contributed by atoms with E-state index in [9.17, 15) is 29.1 Å². The van der Waals surface area contributed by atoms with Crippen LogP contribution in [0.4, 0.5) is 4.79 Å². The molecule has 5 atom stereocenters. The van der Waals surface area contributed by atoms with Gasteiger partial charge in [-0.05, 0) is 45.1 Å². The first-order chi connectivity index (χ1) is 23.9. The molecular formula is C36H54N4O10. The Morgan fingerprint density at radius 3 is 2.42 bits per heavy atom. The normalized spacial score (nSPS) is 25.7. The first-order valence-corrected chi connectivity index (χ1v) is 17.8. The molecule has 2 saturated heterocycles. The highest BCUT2D eigenvalue weighted by molar-refractivity contribution is 5.92. The van der Waals surface area contributed by atoms with Crippen molar-refractivity contribution in [3.8, 4) is 0 Å². The molecule has 0 radical (unpaired) electrons. The van der Waals surface area contributed by atoms with Crippen LogP contribution in [0.15, 0.2) is 30.3 Å². The molecule has 1 aliphatic carbocycles. The van der Waals surface area contributed by atoms with Crippen LogP contribution in [0.5, 0.6) is 0 Å². The lowest BCUT2D eigenvalue weighted by Gasteiger charge is -2.32. The zero-order valence-electron chi connectivity index (χ0n) is 29.5. The van der Waals surface area contributed by atoms with Crippen molar-refractivity contribution in [3.63, 3.8) is 0 Å². The molecular weight excluding hydrogens is 648 g/mol. The van der Waals surface area contributed by atoms with Crippen LogP contribution in [-0.4, -0.2) is 115 Å². The molecule has 0 aromatic heterocycles. The second-order valence-electron chi connectivity index (χ2n) is 14.4. The number of morpholine rings is 1. The third-order valence-electron chi connectivity index (χ3n) is 9.10. The molecule has 2 aliphatic heterocycles. The van der Waals surface area contributed by atoms with Gasteiger partial charge >= 0.3 is 18.0 Å². The maximum Gasteiger partial charge on any atom is 0.408 e. The van der Waals surface area contributed by atoms with E-state index in [-0.39, 0.29) is 38.3 Å². The fraction of sp³-hybridized carbons (Fsp3) is 0.694. The smallest absolute Gasteiger partial charge is 0.408 e. The molecule has 50 heavy (non-hydrogen) atoms. The van der Waals surface area contributed by atoms with E-state index >= 15 is 0 Å². The Bertz CT molecular complexity index is 1280. The van der Waals surface area contributed by atoms with Gasteiger partial charge in [0, 0.05) is 32.5 Å². The SMILES string of the molecule is CC(C)(C)OC(=O)N[C@@H](Cc1ccccc1)C(=O)N[C@H]1CCC(=O)OCC(CN2CCOCC2)OC(=O)[C@H](O)[C@H](CC2CCCCC2)NC1=O. The number of aliphatic hydroxyl groups excluding tert-OH is 1. The predicted octanol–water partition coefficient (Wildman–Crippen LogP) is 2.00. The molecule has 4 rings (SSSR count). The average molecular weight is 703 g/mol. The fourth-order valence-corrected chi connectivity index (χ4v) is 6.50. The number of hydrogen-bond acceptors (Lipinski definition) is 11. The number of cyclic esters (lactones) is 2. The van der Waals surface area contributed by atoms with Crippen LogP contribution in [0.25, 0.3) is 0 Å². The Balaban J connectivity index is 1.55. The van der Waals surface area contributed by atoms with E-state index in [0.717, 1.165) is 37.7 Å². The van der Waals surface area contributed by atoms with Gasteiger partial charge in [0.2, 0.25) is 11.8 Å². The minimum absolute atomic E-state index is 0.0989. The molecule has 1 unspecified atom stereocenters. The first-order valence-electron chi connectivity index (χ1n) is 17.8. The van der Waals surface area contributed by atoms with Gasteiger partial charge in [0.15, 0.2) is 6.10 Å². The second kappa shape index (κ2) is 19.0. The van der Waals surface area contributed by atoms with Crippen molar-refractivity contribution in [1.82, 2.24) is 20.9 Å². The Kier molecular flexibility index (Phi) is 14.9. The number of hydrogen-bond donors (Lipinski definition) is 4. The molecule has 3 fully saturated rings. The fourth-order valence-electron chi connectivity index (χ4n) is 6.50. The molecule has 1 aromatic carbocycles. The lowest BCUT2D eigenvalue weighted by molar-refractivity contribution is -0.169. The zero-order chi connectivity index (χ0) is 36.1. The van der Waals surface area contributed by atoms with Crippen molar-refractivity contribution in [3.05, 3.63) is 35.9 Å². The molecule has 1 saturated carbocycles. The lowest BCUT2D eigenvalue weighted by atomic mass is 9.83. The molecule has 1 aromatic rings. The molecule has 278 valence electrons. The van der Waals surface area contributed by atoms with Crippen molar-refractivity contribution in [1.29, 1.82) is 0 Å². The summed E-state index contributed by atoms with van der Waals surface area (Å²) in [4.78, 5) is 68.8. The van der Waals surface area contributed by atoms with Crippen LogP contribution >= 0.6 is 0 Å². The van der Waals surface area contributed by atoms with Crippen LogP contribution in [0.1, 0.15) is 77.7 Å². The average Bonchev–Trinajstić information content (AvgIpc) is 3.08. The molecule has 0 bridgehead atoms. The van der Waals surface area contributed by atoms with Gasteiger partial charge in [-0.2, -0.15) is 0 Å². The van der Waals surface area contributed by atoms with Crippen LogP contribution in [-0.2, 0) is 44.5 Å². The minimum atomic E-state index is -1.69. The molecule has 14 heteroatoms. The number of benzene rings is 1. The Morgan fingerprint density at radius 2 is 1.74 bits per heavy atom. The molecule has 14 nitrogen and oxygen atoms in total. The van der Waals surface area contributed by atoms with Gasteiger partial charge in [0.05, 0.1) is 19.3 Å². The molecule has 3 amide bonds. The third-order valence-corrected chi connectivity index (χ3v) is 9.10. The van der Waals surface area contributed by atoms with Crippen molar-refractivity contribution in [2.45, 2.75) is 114 Å². The summed E-state index contributed by atoms with van der Waals surface area (Å²) >= 11 is 0. The highest BCUT2D eigenvalue weighted by Crippen LogP contribution is 2.28. The lowest BCUT2D eigenvalue weighted by Crippen LogP contribution is -2.58. The van der Waals surface area contributed by atoms with Crippen LogP contribution in [0.2, 0.25) is 0 Å². The summed E-state index contributed by atoms with van der Waals surface area (Å²) in [6, 6.07) is 5.67. The van der Waals surface area contributed by atoms with Gasteiger partial charge in [0.25, 0.3) is 0 Å². The van der Waals surface area contributed by atoms with Gasteiger partial charge in [-0.25, -0.2) is 9.59 Å². The van der Waals surface area contributed by atoms with Gasteiger partial charge in [-0.3, -0.25) is 19.3 Å². The number of alkyl carbamates (subject to hydrolysis) is 1. The molecule has 4 N–H and O–H groups in total. The number of aliphatic hydroxyl groups is 1. The number of amides is 3. The van der Waals surface area contributed by atoms with Crippen molar-refractivity contribution in [2.24, 2.45) is 5.92 Å². The molecule has 3 aliphatic rings. The second-order valence-corrected chi connectivity index (χ2v) is 14.4. The summed E-state index contributed by atoms with van der Waals surface area (Å²) < 4.78 is 22.0. The van der Waals surface area contributed by atoms with Crippen LogP contribution in [0, 0.1) is 5.92 Å². The Hall–Kier alpha value is -3.75. The maximum absolute atomic E-state index is 13.9. The summed E-state index contributed by atoms with van der Waals surface area (Å²) in [6.45, 7) is 7.41. The Labute approximate surface area is 294 Å². The summed E-state index contributed by atoms with van der Waals surface area (Å²) in [5.41, 5.74) is -0.0616. The van der Waals surface area contributed by atoms with E-state index in [4.69, 9.17) is 18.9 Å². The summed E-state index contributed by atoms with van der Waals surface area (Å²) in [7, 11) is 0. The van der Waals surface area contributed by atoms with E-state index in [2.05, 4.69) is 16.0 Å². The zero-order valence-corrected chi connectivity index (χ0v) is 29.5. The topological polar surface area (TPSA) is 182 Å². The van der Waals surface area contributed by atoms with E-state index < -0.39 is 65.8 Å². The summed E-state index contributed by atoms with van der Waals surface area (Å²) in [5, 5.41) is 19.5. The van der Waals surface area contributed by atoms with Gasteiger partial charge < -0.3 is 40.0 Å². The Morgan fingerprint density at radius 1 is 1.04 bits per heavy atom. The van der Waals surface area contributed by atoms with Crippen molar-refractivity contribution < 1.29 is 48.0 Å². The van der Waals surface area contributed by atoms with Crippen LogP contribution < -0.4 is 16.0 Å². The van der Waals surface area contributed by atoms with E-state index in [1.54, 1.807) is 45.0 Å². The number of ether oxygens (including phenoxy) is 4. The summed E-state index contributed by atoms with van der Waals surface area (Å²) in [6.07, 6.45) is 1.65. The maximum atomic E-state index is 13.9. The summed E-state index contributed by atoms with van der Waals surface area (Å²) in [5.74, 6) is -2.76. The first kappa shape index (κ1) is 39.0. The van der Waals surface area contributed by atoms with E-state index in [0.29, 0.717) is 32.7 Å². The number of carbonyl (C=O) groups excluding carboxylic acids is 5. The number of carbonyl (C=O) groups is 5. The standard InChI is InChI=1S/C36H54N4O10/c1-36(2,3)50-35(46)39-29(21-25-12-8-5-9-13-25)33(44)37-27-14-15-30(41)48-23-26(22-40-16-18-47-19-17-40)49-34(45)31(42)28(38-32(27)43)20-24-10-6-4-7-11-24/h5,8-9,12-13,24,26-29,31,42H,4,6-7,10-11,14-23H2,1-3H3,(H,37,44)(H,38,43)(H,39,46)/t26?,27-,28-,29-,31+/m0/s1. The number of rotatable bonds is 9. The highest BCUT2D eigenvalue weighted by atomic mass is 16.6. The van der Waals surface area contributed by atoms with Crippen molar-refractivity contribution in [2.75, 3.05) is 39.5 Å². The quantitative estimate of drug-likeness (QED) is 0.218. The van der Waals surface area contributed by atoms with Crippen LogP contribution in [0.3, 0.4) is 0 Å². The predicted molar refractivity (Wildman–Crippen MR) is 182 cm³/mol. The van der Waals surface area contributed by atoms with Gasteiger partial charge in [-0.1, -0.05) is 62.4 Å². The number of nitrogens with one attached hydrogen (secondary N) is 3. The monoisotopic (exact) mass is 702 g/mol. The number of esters is 2.